The second kappa shape index (κ2) is 9.35. The van der Waals surface area contributed by atoms with Gasteiger partial charge in [0, 0.05) is 16.7 Å². The van der Waals surface area contributed by atoms with Crippen LogP contribution >= 0.6 is 11.8 Å². The Balaban J connectivity index is 1.85. The standard InChI is InChI=1S/C25H32N2O5S/c1-7-25(5,6)20(29)16-14-33-22-18(26-17(28)13-15-11-9-8-10-12-15)21(30)27(22)19(16)23(31)32-24(2,3)4/h7-12,18,20,22,29H,1,13-14H2,2-6H3,(H,26,28)/t18-,20+,22-/m1/s1. The van der Waals surface area contributed by atoms with Crippen LogP contribution in [-0.2, 0) is 25.5 Å². The van der Waals surface area contributed by atoms with Crippen molar-refractivity contribution in [3.05, 3.63) is 59.8 Å². The lowest BCUT2D eigenvalue weighted by atomic mass is 9.81. The van der Waals surface area contributed by atoms with Crippen molar-refractivity contribution in [3.63, 3.8) is 0 Å². The quantitative estimate of drug-likeness (QED) is 0.360. The minimum Gasteiger partial charge on any atom is -0.455 e. The molecule has 0 bridgehead atoms. The zero-order valence-electron chi connectivity index (χ0n) is 19.8. The summed E-state index contributed by atoms with van der Waals surface area (Å²) in [5, 5.41) is 13.4. The molecule has 2 amide bonds. The van der Waals surface area contributed by atoms with Gasteiger partial charge in [0.05, 0.1) is 12.5 Å². The van der Waals surface area contributed by atoms with E-state index in [2.05, 4.69) is 11.9 Å². The predicted octanol–water partition coefficient (Wildman–Crippen LogP) is 2.80. The highest BCUT2D eigenvalue weighted by molar-refractivity contribution is 8.00. The van der Waals surface area contributed by atoms with Gasteiger partial charge in [-0.1, -0.05) is 50.3 Å². The molecule has 0 saturated carbocycles. The third-order valence-electron chi connectivity index (χ3n) is 5.67. The first-order valence-corrected chi connectivity index (χ1v) is 12.0. The molecule has 33 heavy (non-hydrogen) atoms. The Morgan fingerprint density at radius 3 is 2.48 bits per heavy atom. The zero-order chi connectivity index (χ0) is 24.6. The van der Waals surface area contributed by atoms with Gasteiger partial charge in [-0.25, -0.2) is 4.79 Å². The second-order valence-electron chi connectivity index (χ2n) is 9.92. The molecule has 0 aliphatic carbocycles. The number of carbonyl (C=O) groups is 3. The van der Waals surface area contributed by atoms with Gasteiger partial charge in [0.2, 0.25) is 5.91 Å². The summed E-state index contributed by atoms with van der Waals surface area (Å²) in [6.45, 7) is 12.6. The molecule has 1 saturated heterocycles. The molecule has 178 valence electrons. The molecule has 2 aliphatic heterocycles. The lowest BCUT2D eigenvalue weighted by Crippen LogP contribution is -2.71. The van der Waals surface area contributed by atoms with Gasteiger partial charge < -0.3 is 15.2 Å². The highest BCUT2D eigenvalue weighted by Crippen LogP contribution is 2.44. The topological polar surface area (TPSA) is 95.9 Å². The lowest BCUT2D eigenvalue weighted by molar-refractivity contribution is -0.159. The van der Waals surface area contributed by atoms with E-state index < -0.39 is 40.4 Å². The average Bonchev–Trinajstić information content (AvgIpc) is 2.75. The van der Waals surface area contributed by atoms with Gasteiger partial charge in [-0.2, -0.15) is 0 Å². The van der Waals surface area contributed by atoms with Crippen molar-refractivity contribution in [2.24, 2.45) is 5.41 Å². The second-order valence-corrected chi connectivity index (χ2v) is 11.0. The first-order valence-electron chi connectivity index (χ1n) is 10.9. The molecule has 1 aromatic rings. The maximum Gasteiger partial charge on any atom is 0.355 e. The monoisotopic (exact) mass is 472 g/mol. The number of ether oxygens (including phenoxy) is 1. The Labute approximate surface area is 199 Å². The van der Waals surface area contributed by atoms with Crippen LogP contribution in [0, 0.1) is 5.41 Å². The molecule has 1 fully saturated rings. The summed E-state index contributed by atoms with van der Waals surface area (Å²) in [5.74, 6) is -0.993. The van der Waals surface area contributed by atoms with E-state index in [-0.39, 0.29) is 18.0 Å². The largest absolute Gasteiger partial charge is 0.455 e. The molecule has 1 aromatic carbocycles. The number of nitrogens with one attached hydrogen (secondary N) is 1. The number of benzene rings is 1. The van der Waals surface area contributed by atoms with Gasteiger partial charge in [-0.15, -0.1) is 18.3 Å². The molecular formula is C25H32N2O5S. The van der Waals surface area contributed by atoms with Crippen LogP contribution in [0.4, 0.5) is 0 Å². The minimum atomic E-state index is -1.02. The van der Waals surface area contributed by atoms with Crippen molar-refractivity contribution in [3.8, 4) is 0 Å². The normalized spacial score (nSPS) is 21.6. The summed E-state index contributed by atoms with van der Waals surface area (Å²) in [7, 11) is 0. The maximum atomic E-state index is 13.1. The third-order valence-corrected chi connectivity index (χ3v) is 6.98. The smallest absolute Gasteiger partial charge is 0.355 e. The van der Waals surface area contributed by atoms with Gasteiger partial charge >= 0.3 is 5.97 Å². The Hall–Kier alpha value is -2.58. The van der Waals surface area contributed by atoms with Crippen molar-refractivity contribution in [2.45, 2.75) is 64.2 Å². The number of thioether (sulfide) groups is 1. The highest BCUT2D eigenvalue weighted by atomic mass is 32.2. The number of aliphatic hydroxyl groups is 1. The number of fused-ring (bicyclic) bond motifs is 1. The fraction of sp³-hybridized carbons (Fsp3) is 0.480. The number of hydrogen-bond donors (Lipinski definition) is 2. The number of aliphatic hydroxyl groups excluding tert-OH is 1. The summed E-state index contributed by atoms with van der Waals surface area (Å²) in [5.41, 5.74) is -0.146. The van der Waals surface area contributed by atoms with Crippen molar-refractivity contribution in [1.82, 2.24) is 10.2 Å². The van der Waals surface area contributed by atoms with Crippen LogP contribution in [0.1, 0.15) is 40.2 Å². The first kappa shape index (κ1) is 25.1. The van der Waals surface area contributed by atoms with E-state index in [9.17, 15) is 19.5 Å². The van der Waals surface area contributed by atoms with Crippen LogP contribution in [0.15, 0.2) is 54.3 Å². The number of rotatable bonds is 7. The number of carbonyl (C=O) groups excluding carboxylic acids is 3. The van der Waals surface area contributed by atoms with Crippen molar-refractivity contribution in [2.75, 3.05) is 5.75 Å². The van der Waals surface area contributed by atoms with Gasteiger partial charge in [-0.3, -0.25) is 14.5 Å². The molecule has 8 heteroatoms. The van der Waals surface area contributed by atoms with Crippen LogP contribution in [0.5, 0.6) is 0 Å². The highest BCUT2D eigenvalue weighted by Gasteiger charge is 2.55. The third kappa shape index (κ3) is 5.33. The number of hydrogen-bond acceptors (Lipinski definition) is 6. The van der Waals surface area contributed by atoms with Crippen LogP contribution in [0.3, 0.4) is 0 Å². The van der Waals surface area contributed by atoms with Crippen molar-refractivity contribution >= 4 is 29.5 Å². The summed E-state index contributed by atoms with van der Waals surface area (Å²) in [4.78, 5) is 40.1. The SMILES string of the molecule is C=CC(C)(C)[C@@H](O)C1=C(C(=O)OC(C)(C)C)N2C(=O)[C@@H](NC(=O)Cc3ccccc3)[C@H]2SC1. The lowest BCUT2D eigenvalue weighted by Gasteiger charge is -2.51. The molecular weight excluding hydrogens is 440 g/mol. The van der Waals surface area contributed by atoms with Crippen LogP contribution in [0.25, 0.3) is 0 Å². The number of amides is 2. The fourth-order valence-corrected chi connectivity index (χ4v) is 5.11. The molecule has 3 atom stereocenters. The summed E-state index contributed by atoms with van der Waals surface area (Å²) in [6.07, 6.45) is 0.762. The molecule has 0 spiro atoms. The minimum absolute atomic E-state index is 0.0645. The average molecular weight is 473 g/mol. The van der Waals surface area contributed by atoms with E-state index in [0.29, 0.717) is 11.3 Å². The summed E-state index contributed by atoms with van der Waals surface area (Å²) in [6, 6.07) is 8.54. The van der Waals surface area contributed by atoms with E-state index in [4.69, 9.17) is 4.74 Å². The van der Waals surface area contributed by atoms with Crippen LogP contribution in [0.2, 0.25) is 0 Å². The van der Waals surface area contributed by atoms with E-state index >= 15 is 0 Å². The molecule has 0 unspecified atom stereocenters. The predicted molar refractivity (Wildman–Crippen MR) is 128 cm³/mol. The van der Waals surface area contributed by atoms with Crippen molar-refractivity contribution in [1.29, 1.82) is 0 Å². The molecule has 3 rings (SSSR count). The van der Waals surface area contributed by atoms with E-state index in [0.717, 1.165) is 5.56 Å². The van der Waals surface area contributed by atoms with Crippen LogP contribution in [-0.4, -0.2) is 56.7 Å². The Morgan fingerprint density at radius 2 is 1.91 bits per heavy atom. The van der Waals surface area contributed by atoms with E-state index in [1.165, 1.54) is 16.7 Å². The summed E-state index contributed by atoms with van der Waals surface area (Å²) >= 11 is 1.41. The fourth-order valence-electron chi connectivity index (χ4n) is 3.73. The molecule has 7 nitrogen and oxygen atoms in total. The summed E-state index contributed by atoms with van der Waals surface area (Å²) < 4.78 is 5.58. The Morgan fingerprint density at radius 1 is 1.27 bits per heavy atom. The zero-order valence-corrected chi connectivity index (χ0v) is 20.6. The van der Waals surface area contributed by atoms with Gasteiger partial charge in [0.15, 0.2) is 0 Å². The maximum absolute atomic E-state index is 13.1. The van der Waals surface area contributed by atoms with Gasteiger partial charge in [-0.05, 0) is 26.3 Å². The molecule has 0 aromatic heterocycles. The van der Waals surface area contributed by atoms with Crippen LogP contribution < -0.4 is 5.32 Å². The van der Waals surface area contributed by atoms with Gasteiger partial charge in [0.25, 0.3) is 5.91 Å². The molecule has 2 heterocycles. The number of esters is 1. The molecule has 2 aliphatic rings. The molecule has 0 radical (unpaired) electrons. The van der Waals surface area contributed by atoms with Gasteiger partial charge in [0.1, 0.15) is 22.7 Å². The molecule has 2 N–H and O–H groups in total. The van der Waals surface area contributed by atoms with E-state index in [1.807, 2.05) is 44.2 Å². The first-order chi connectivity index (χ1) is 15.4. The number of β-lactam (4-membered cyclic amide) rings is 1. The Bertz CT molecular complexity index is 980. The number of nitrogens with zero attached hydrogens (tertiary/aromatic N) is 1. The van der Waals surface area contributed by atoms with Crippen molar-refractivity contribution < 1.29 is 24.2 Å². The van der Waals surface area contributed by atoms with E-state index in [1.54, 1.807) is 26.8 Å². The Kier molecular flexibility index (Phi) is 7.10.